The van der Waals surface area contributed by atoms with Crippen LogP contribution < -0.4 is 20.1 Å². The lowest BCUT2D eigenvalue weighted by Crippen LogP contribution is -2.32. The van der Waals surface area contributed by atoms with Crippen molar-refractivity contribution in [2.45, 2.75) is 19.4 Å². The topological polar surface area (TPSA) is 55.4 Å². The molecule has 0 saturated heterocycles. The van der Waals surface area contributed by atoms with E-state index in [0.717, 1.165) is 17.7 Å². The first-order valence-electron chi connectivity index (χ1n) is 7.37. The van der Waals surface area contributed by atoms with Gasteiger partial charge in [0.15, 0.2) is 16.6 Å². The van der Waals surface area contributed by atoms with E-state index >= 15 is 0 Å². The molecule has 1 atom stereocenters. The summed E-state index contributed by atoms with van der Waals surface area (Å²) < 4.78 is 10.6. The molecule has 0 fully saturated rings. The second kappa shape index (κ2) is 8.33. The van der Waals surface area contributed by atoms with Gasteiger partial charge in [0.25, 0.3) is 0 Å². The molecule has 2 rings (SSSR count). The molecule has 0 saturated carbocycles. The lowest BCUT2D eigenvalue weighted by Gasteiger charge is -2.21. The molecule has 0 aliphatic heterocycles. The molecule has 1 heterocycles. The van der Waals surface area contributed by atoms with Gasteiger partial charge in [-0.2, -0.15) is 0 Å². The average molecular weight is 331 g/mol. The highest BCUT2D eigenvalue weighted by Gasteiger charge is 2.14. The van der Waals surface area contributed by atoms with Gasteiger partial charge in [-0.05, 0) is 48.5 Å². The highest BCUT2D eigenvalue weighted by molar-refractivity contribution is 7.80. The molecule has 23 heavy (non-hydrogen) atoms. The smallest absolute Gasteiger partial charge is 0.171 e. The minimum atomic E-state index is 0.0802. The van der Waals surface area contributed by atoms with Crippen LogP contribution in [-0.4, -0.2) is 24.3 Å². The molecule has 2 N–H and O–H groups in total. The Morgan fingerprint density at radius 3 is 2.43 bits per heavy atom. The highest BCUT2D eigenvalue weighted by Crippen LogP contribution is 2.30. The first kappa shape index (κ1) is 17.0. The Kier molecular flexibility index (Phi) is 6.17. The summed E-state index contributed by atoms with van der Waals surface area (Å²) in [7, 11) is 3.26. The summed E-state index contributed by atoms with van der Waals surface area (Å²) in [6, 6.07) is 9.69. The van der Waals surface area contributed by atoms with E-state index < -0.39 is 0 Å². The fourth-order valence-electron chi connectivity index (χ4n) is 2.25. The number of nitrogens with zero attached hydrogens (tertiary/aromatic N) is 1. The molecule has 0 amide bonds. The van der Waals surface area contributed by atoms with Crippen LogP contribution in [0.2, 0.25) is 0 Å². The Bertz CT molecular complexity index is 650. The van der Waals surface area contributed by atoms with Crippen LogP contribution in [0.3, 0.4) is 0 Å². The molecule has 1 aromatic heterocycles. The SMILES string of the molecule is CCC(NC(=S)Nc1ccncc1)c1ccc(OC)c(OC)c1. The summed E-state index contributed by atoms with van der Waals surface area (Å²) in [4.78, 5) is 3.98. The molecule has 5 nitrogen and oxygen atoms in total. The Hall–Kier alpha value is -2.34. The standard InChI is InChI=1S/C17H21N3O2S/c1-4-14(12-5-6-15(21-2)16(11-12)22-3)20-17(23)19-13-7-9-18-10-8-13/h5-11,14H,4H2,1-3H3,(H2,18,19,20,23). The maximum atomic E-state index is 5.39. The van der Waals surface area contributed by atoms with Crippen LogP contribution in [0, 0.1) is 0 Å². The van der Waals surface area contributed by atoms with E-state index in [1.165, 1.54) is 0 Å². The first-order valence-corrected chi connectivity index (χ1v) is 7.78. The van der Waals surface area contributed by atoms with E-state index in [9.17, 15) is 0 Å². The van der Waals surface area contributed by atoms with Crippen molar-refractivity contribution < 1.29 is 9.47 Å². The van der Waals surface area contributed by atoms with E-state index in [-0.39, 0.29) is 6.04 Å². The zero-order valence-corrected chi connectivity index (χ0v) is 14.3. The normalized spacial score (nSPS) is 11.4. The molecule has 1 unspecified atom stereocenters. The monoisotopic (exact) mass is 331 g/mol. The summed E-state index contributed by atoms with van der Waals surface area (Å²) in [5.41, 5.74) is 1.99. The number of hydrogen-bond acceptors (Lipinski definition) is 4. The number of pyridine rings is 1. The average Bonchev–Trinajstić information content (AvgIpc) is 2.60. The number of thiocarbonyl (C=S) groups is 1. The Morgan fingerprint density at radius 1 is 1.13 bits per heavy atom. The van der Waals surface area contributed by atoms with Crippen LogP contribution in [-0.2, 0) is 0 Å². The van der Waals surface area contributed by atoms with E-state index in [1.54, 1.807) is 26.6 Å². The van der Waals surface area contributed by atoms with Crippen LogP contribution in [0.25, 0.3) is 0 Å². The van der Waals surface area contributed by atoms with E-state index in [1.807, 2.05) is 30.3 Å². The van der Waals surface area contributed by atoms with Gasteiger partial charge in [-0.25, -0.2) is 0 Å². The van der Waals surface area contributed by atoms with Crippen LogP contribution >= 0.6 is 12.2 Å². The van der Waals surface area contributed by atoms with Gasteiger partial charge < -0.3 is 20.1 Å². The predicted octanol–water partition coefficient (Wildman–Crippen LogP) is 3.54. The van der Waals surface area contributed by atoms with Crippen LogP contribution in [0.4, 0.5) is 5.69 Å². The van der Waals surface area contributed by atoms with E-state index in [0.29, 0.717) is 16.6 Å². The van der Waals surface area contributed by atoms with Gasteiger partial charge in [-0.15, -0.1) is 0 Å². The number of aromatic nitrogens is 1. The molecule has 2 aromatic rings. The van der Waals surface area contributed by atoms with Crippen LogP contribution in [0.5, 0.6) is 11.5 Å². The quantitative estimate of drug-likeness (QED) is 0.790. The van der Waals surface area contributed by atoms with E-state index in [2.05, 4.69) is 22.5 Å². The summed E-state index contributed by atoms with van der Waals surface area (Å²) in [5.74, 6) is 1.42. The largest absolute Gasteiger partial charge is 0.493 e. The van der Waals surface area contributed by atoms with Gasteiger partial charge in [0.05, 0.1) is 20.3 Å². The zero-order chi connectivity index (χ0) is 16.7. The van der Waals surface area contributed by atoms with Crippen molar-refractivity contribution in [2.24, 2.45) is 0 Å². The maximum Gasteiger partial charge on any atom is 0.171 e. The second-order valence-electron chi connectivity index (χ2n) is 4.91. The minimum Gasteiger partial charge on any atom is -0.493 e. The molecule has 0 spiro atoms. The fourth-order valence-corrected chi connectivity index (χ4v) is 2.51. The summed E-state index contributed by atoms with van der Waals surface area (Å²) in [6.07, 6.45) is 4.32. The molecule has 0 bridgehead atoms. The van der Waals surface area contributed by atoms with Gasteiger partial charge in [-0.3, -0.25) is 4.98 Å². The lowest BCUT2D eigenvalue weighted by atomic mass is 10.0. The molecular formula is C17H21N3O2S. The maximum absolute atomic E-state index is 5.39. The molecular weight excluding hydrogens is 310 g/mol. The Balaban J connectivity index is 2.09. The number of methoxy groups -OCH3 is 2. The Labute approximate surface area is 142 Å². The van der Waals surface area contributed by atoms with E-state index in [4.69, 9.17) is 21.7 Å². The van der Waals surface area contributed by atoms with Gasteiger partial charge >= 0.3 is 0 Å². The van der Waals surface area contributed by atoms with Crippen molar-refractivity contribution in [2.75, 3.05) is 19.5 Å². The predicted molar refractivity (Wildman–Crippen MR) is 96.2 cm³/mol. The zero-order valence-electron chi connectivity index (χ0n) is 13.5. The van der Waals surface area contributed by atoms with Crippen molar-refractivity contribution in [1.82, 2.24) is 10.3 Å². The summed E-state index contributed by atoms with van der Waals surface area (Å²) >= 11 is 5.39. The fraction of sp³-hybridized carbons (Fsp3) is 0.294. The van der Waals surface area contributed by atoms with Gasteiger partial charge in [0.2, 0.25) is 0 Å². The van der Waals surface area contributed by atoms with Crippen LogP contribution in [0.1, 0.15) is 24.9 Å². The molecule has 6 heteroatoms. The lowest BCUT2D eigenvalue weighted by molar-refractivity contribution is 0.354. The number of anilines is 1. The Morgan fingerprint density at radius 2 is 1.83 bits per heavy atom. The van der Waals surface area contributed by atoms with Gasteiger partial charge in [-0.1, -0.05) is 13.0 Å². The number of hydrogen-bond donors (Lipinski definition) is 2. The highest BCUT2D eigenvalue weighted by atomic mass is 32.1. The number of rotatable bonds is 6. The summed E-state index contributed by atoms with van der Waals surface area (Å²) in [6.45, 7) is 2.10. The minimum absolute atomic E-state index is 0.0802. The van der Waals surface area contributed by atoms with Crippen LogP contribution in [0.15, 0.2) is 42.7 Å². The van der Waals surface area contributed by atoms with Gasteiger partial charge in [0, 0.05) is 18.1 Å². The summed E-state index contributed by atoms with van der Waals surface area (Å²) in [5, 5.41) is 7.04. The van der Waals surface area contributed by atoms with Crippen molar-refractivity contribution in [3.63, 3.8) is 0 Å². The molecule has 0 aliphatic carbocycles. The number of nitrogens with one attached hydrogen (secondary N) is 2. The third-order valence-electron chi connectivity index (χ3n) is 3.46. The van der Waals surface area contributed by atoms with Crippen molar-refractivity contribution in [3.8, 4) is 11.5 Å². The molecule has 122 valence electrons. The van der Waals surface area contributed by atoms with Crippen molar-refractivity contribution >= 4 is 23.0 Å². The first-order chi connectivity index (χ1) is 11.2. The molecule has 1 aromatic carbocycles. The third kappa shape index (κ3) is 4.56. The van der Waals surface area contributed by atoms with Crippen molar-refractivity contribution in [3.05, 3.63) is 48.3 Å². The molecule has 0 aliphatic rings. The second-order valence-corrected chi connectivity index (χ2v) is 5.32. The number of ether oxygens (including phenoxy) is 2. The number of benzene rings is 1. The molecule has 0 radical (unpaired) electrons. The van der Waals surface area contributed by atoms with Gasteiger partial charge in [0.1, 0.15) is 0 Å². The van der Waals surface area contributed by atoms with Crippen molar-refractivity contribution in [1.29, 1.82) is 0 Å². The third-order valence-corrected chi connectivity index (χ3v) is 3.68.